The van der Waals surface area contributed by atoms with E-state index in [2.05, 4.69) is 10.3 Å². The summed E-state index contributed by atoms with van der Waals surface area (Å²) in [6, 6.07) is 0. The van der Waals surface area contributed by atoms with Crippen LogP contribution in [0.15, 0.2) is 4.63 Å². The van der Waals surface area contributed by atoms with Gasteiger partial charge in [0.2, 0.25) is 11.3 Å². The second kappa shape index (κ2) is 4.52. The van der Waals surface area contributed by atoms with Crippen LogP contribution in [-0.2, 0) is 16.8 Å². The van der Waals surface area contributed by atoms with Gasteiger partial charge in [-0.15, -0.1) is 0 Å². The molecule has 1 saturated heterocycles. The Morgan fingerprint density at radius 1 is 1.26 bits per heavy atom. The molecule has 0 spiro atoms. The zero-order valence-electron chi connectivity index (χ0n) is 13.0. The van der Waals surface area contributed by atoms with E-state index >= 15 is 0 Å². The minimum atomic E-state index is -1.31. The van der Waals surface area contributed by atoms with Crippen molar-refractivity contribution in [2.75, 3.05) is 26.3 Å². The van der Waals surface area contributed by atoms with Crippen LogP contribution in [-0.4, -0.2) is 57.8 Å². The summed E-state index contributed by atoms with van der Waals surface area (Å²) in [6.45, 7) is 2.95. The fourth-order valence-electron chi connectivity index (χ4n) is 5.49. The summed E-state index contributed by atoms with van der Waals surface area (Å²) in [5.74, 6) is -0.151. The lowest BCUT2D eigenvalue weighted by Crippen LogP contribution is -3.23. The van der Waals surface area contributed by atoms with Gasteiger partial charge in [0.15, 0.2) is 5.69 Å². The maximum Gasteiger partial charge on any atom is 0.303 e. The van der Waals surface area contributed by atoms with Crippen LogP contribution in [0.5, 0.6) is 0 Å². The molecule has 3 heterocycles. The maximum absolute atomic E-state index is 13.4. The molecule has 2 aliphatic heterocycles. The Bertz CT molecular complexity index is 683. The molecule has 5 rings (SSSR count). The first-order chi connectivity index (χ1) is 11.2. The summed E-state index contributed by atoms with van der Waals surface area (Å²) >= 11 is 0. The van der Waals surface area contributed by atoms with Crippen molar-refractivity contribution in [2.45, 2.75) is 43.4 Å². The van der Waals surface area contributed by atoms with E-state index in [9.17, 15) is 10.3 Å². The molecule has 8 heteroatoms. The van der Waals surface area contributed by atoms with Gasteiger partial charge in [-0.3, -0.25) is 4.90 Å². The minimum Gasteiger partial charge on any atom is -0.619 e. The third-order valence-corrected chi connectivity index (χ3v) is 6.40. The summed E-state index contributed by atoms with van der Waals surface area (Å²) < 4.78 is 11.5. The van der Waals surface area contributed by atoms with Crippen LogP contribution in [0.2, 0.25) is 0 Å². The Morgan fingerprint density at radius 2 is 2.09 bits per heavy atom. The molecular weight excluding hydrogens is 300 g/mol. The third kappa shape index (κ3) is 1.49. The van der Waals surface area contributed by atoms with Gasteiger partial charge in [-0.1, -0.05) is 10.3 Å². The van der Waals surface area contributed by atoms with Crippen molar-refractivity contribution in [2.24, 2.45) is 5.92 Å². The van der Waals surface area contributed by atoms with Crippen molar-refractivity contribution in [3.63, 3.8) is 0 Å². The maximum atomic E-state index is 13.4. The highest BCUT2D eigenvalue weighted by atomic mass is 16.6. The molecule has 23 heavy (non-hydrogen) atoms. The molecule has 2 aliphatic carbocycles. The Labute approximate surface area is 133 Å². The highest BCUT2D eigenvalue weighted by molar-refractivity contribution is 5.92. The number of ether oxygens (including phenoxy) is 1. The summed E-state index contributed by atoms with van der Waals surface area (Å²) in [5, 5.41) is 32.9. The van der Waals surface area contributed by atoms with Gasteiger partial charge in [0.05, 0.1) is 19.6 Å². The van der Waals surface area contributed by atoms with Gasteiger partial charge in [0.25, 0.3) is 0 Å². The average Bonchev–Trinajstić information content (AvgIpc) is 3.26. The van der Waals surface area contributed by atoms with E-state index in [1.807, 2.05) is 0 Å². The van der Waals surface area contributed by atoms with E-state index in [1.165, 1.54) is 4.90 Å². The zero-order chi connectivity index (χ0) is 15.7. The molecular formula is C15H21N4O4+. The van der Waals surface area contributed by atoms with Crippen LogP contribution < -0.4 is 4.90 Å². The van der Waals surface area contributed by atoms with Crippen molar-refractivity contribution in [3.05, 3.63) is 16.6 Å². The second-order valence-corrected chi connectivity index (χ2v) is 7.15. The molecule has 0 aromatic carbocycles. The summed E-state index contributed by atoms with van der Waals surface area (Å²) in [7, 11) is 0. The number of aromatic nitrogens is 2. The molecule has 2 fully saturated rings. The van der Waals surface area contributed by atoms with Crippen LogP contribution in [0, 0.1) is 11.1 Å². The number of nitrogens with zero attached hydrogens (tertiary/aromatic N) is 3. The molecule has 1 aromatic heterocycles. The normalized spacial score (nSPS) is 40.1. The Kier molecular flexibility index (Phi) is 2.73. The molecule has 0 unspecified atom stereocenters. The van der Waals surface area contributed by atoms with Crippen molar-refractivity contribution in [1.29, 1.82) is 0 Å². The van der Waals surface area contributed by atoms with Gasteiger partial charge in [0, 0.05) is 12.8 Å². The average molecular weight is 321 g/mol. The van der Waals surface area contributed by atoms with Crippen LogP contribution in [0.25, 0.3) is 0 Å². The van der Waals surface area contributed by atoms with E-state index in [0.717, 1.165) is 37.1 Å². The van der Waals surface area contributed by atoms with E-state index < -0.39 is 11.3 Å². The monoisotopic (exact) mass is 321 g/mol. The first kappa shape index (κ1) is 13.9. The molecule has 0 amide bonds. The molecule has 124 valence electrons. The Balaban J connectivity index is 1.69. The Hall–Kier alpha value is -1.51. The van der Waals surface area contributed by atoms with Crippen molar-refractivity contribution < 1.29 is 24.1 Å². The van der Waals surface area contributed by atoms with E-state index in [0.29, 0.717) is 43.2 Å². The Morgan fingerprint density at radius 3 is 2.91 bits per heavy atom. The van der Waals surface area contributed by atoms with E-state index in [4.69, 9.17) is 9.37 Å². The molecule has 2 N–H and O–H groups in total. The molecule has 4 aliphatic rings. The number of fused-ring (bicyclic) bond motifs is 5. The number of hydrogen-bond donors (Lipinski definition) is 2. The molecule has 1 aromatic rings. The summed E-state index contributed by atoms with van der Waals surface area (Å²) in [6.07, 6.45) is 3.72. The molecule has 0 bridgehead atoms. The van der Waals surface area contributed by atoms with Gasteiger partial charge >= 0.3 is 5.66 Å². The highest BCUT2D eigenvalue weighted by Gasteiger charge is 2.76. The lowest BCUT2D eigenvalue weighted by atomic mass is 9.73. The number of aryl methyl sites for hydroxylation is 1. The highest BCUT2D eigenvalue weighted by Crippen LogP contribution is 2.53. The number of rotatable bonds is 1. The topological polar surface area (TPSA) is 98.9 Å². The smallest absolute Gasteiger partial charge is 0.303 e. The lowest BCUT2D eigenvalue weighted by molar-refractivity contribution is -1.04. The largest absolute Gasteiger partial charge is 0.619 e. The SMILES string of the molecule is [O-][N+]1=C2CCc3nonc3[C@]2(O)[C@@H]2CCC[C@@]21[NH+]1CCOCC1. The minimum absolute atomic E-state index is 0.151. The first-order valence-electron chi connectivity index (χ1n) is 8.50. The number of hydrogen-bond acceptors (Lipinski definition) is 6. The standard InChI is InChI=1S/C15H20N4O4/c20-15-11-2-1-5-14(11,18-6-8-22-9-7-18)19(21)12(15)4-3-10-13(15)17-23-16-10/h11,20H,1-9H2/p+1/t11-,14+,15+/m1/s1. The van der Waals surface area contributed by atoms with Crippen LogP contribution in [0.4, 0.5) is 0 Å². The summed E-state index contributed by atoms with van der Waals surface area (Å²) in [5.41, 5.74) is -0.166. The molecule has 0 radical (unpaired) electrons. The van der Waals surface area contributed by atoms with E-state index in [1.54, 1.807) is 0 Å². The van der Waals surface area contributed by atoms with Crippen molar-refractivity contribution in [1.82, 2.24) is 10.3 Å². The molecule has 8 nitrogen and oxygen atoms in total. The van der Waals surface area contributed by atoms with Gasteiger partial charge in [-0.2, -0.15) is 4.74 Å². The number of aliphatic hydroxyl groups is 1. The predicted molar refractivity (Wildman–Crippen MR) is 76.7 cm³/mol. The van der Waals surface area contributed by atoms with Gasteiger partial charge < -0.3 is 15.1 Å². The molecule has 1 saturated carbocycles. The number of hydroxylamine groups is 1. The number of morpholine rings is 1. The van der Waals surface area contributed by atoms with Gasteiger partial charge in [0.1, 0.15) is 24.7 Å². The summed E-state index contributed by atoms with van der Waals surface area (Å²) in [4.78, 5) is 1.24. The lowest BCUT2D eigenvalue weighted by Gasteiger charge is -2.39. The number of nitrogens with one attached hydrogen (secondary N) is 1. The van der Waals surface area contributed by atoms with Gasteiger partial charge in [-0.25, -0.2) is 4.63 Å². The second-order valence-electron chi connectivity index (χ2n) is 7.15. The van der Waals surface area contributed by atoms with Crippen molar-refractivity contribution >= 4 is 5.71 Å². The van der Waals surface area contributed by atoms with Gasteiger partial charge in [-0.05, 0) is 12.8 Å². The van der Waals surface area contributed by atoms with Crippen molar-refractivity contribution in [3.8, 4) is 0 Å². The first-order valence-corrected chi connectivity index (χ1v) is 8.50. The van der Waals surface area contributed by atoms with Crippen LogP contribution in [0.1, 0.15) is 37.1 Å². The third-order valence-electron chi connectivity index (χ3n) is 6.40. The van der Waals surface area contributed by atoms with Crippen LogP contribution >= 0.6 is 0 Å². The zero-order valence-corrected chi connectivity index (χ0v) is 13.0. The predicted octanol–water partition coefficient (Wildman–Crippen LogP) is -1.42. The quantitative estimate of drug-likeness (QED) is 0.486. The van der Waals surface area contributed by atoms with E-state index in [-0.39, 0.29) is 5.92 Å². The fourth-order valence-corrected chi connectivity index (χ4v) is 5.49. The molecule has 3 atom stereocenters. The fraction of sp³-hybridized carbons (Fsp3) is 0.800. The number of quaternary nitrogens is 1. The van der Waals surface area contributed by atoms with Crippen LogP contribution in [0.3, 0.4) is 0 Å².